The van der Waals surface area contributed by atoms with E-state index in [1.807, 2.05) is 31.3 Å². The summed E-state index contributed by atoms with van der Waals surface area (Å²) in [5, 5.41) is 6.79. The molecule has 234 valence electrons. The van der Waals surface area contributed by atoms with Crippen molar-refractivity contribution in [2.24, 2.45) is 4.99 Å². The van der Waals surface area contributed by atoms with Crippen LogP contribution in [0.2, 0.25) is 0 Å². The van der Waals surface area contributed by atoms with E-state index in [-0.39, 0.29) is 5.69 Å². The number of fused-ring (bicyclic) bond motifs is 1. The van der Waals surface area contributed by atoms with Crippen molar-refractivity contribution in [2.45, 2.75) is 40.0 Å². The number of para-hydroxylation sites is 1. The van der Waals surface area contributed by atoms with Gasteiger partial charge in [0.15, 0.2) is 5.82 Å². The molecule has 7 nitrogen and oxygen atoms in total. The summed E-state index contributed by atoms with van der Waals surface area (Å²) in [5.41, 5.74) is 6.11. The third-order valence-corrected chi connectivity index (χ3v) is 8.13. The Morgan fingerprint density at radius 1 is 1.04 bits per heavy atom. The number of hydrogen-bond donors (Lipinski definition) is 2. The molecule has 45 heavy (non-hydrogen) atoms. The number of anilines is 3. The number of hydrogen-bond acceptors (Lipinski definition) is 7. The minimum absolute atomic E-state index is 0.227. The Morgan fingerprint density at radius 2 is 1.82 bits per heavy atom. The standard InChI is InChI=1S/C36H41F2N7/c1-6-44(7-2)22-10-20-41-36-42-33(29-17-15-25(4)45(35(29)43-36)34-31(37)12-8-13-32(34)38)30-23-27(16-14-24(30)3)26(5)39-21-18-28-11-9-19-40-28/h8,11-17,19,23,39H,4-7,9-10,18,20-22H2,1-3H3,(H,41,42,43). The summed E-state index contributed by atoms with van der Waals surface area (Å²) >= 11 is 0. The van der Waals surface area contributed by atoms with Crippen molar-refractivity contribution in [1.82, 2.24) is 20.2 Å². The van der Waals surface area contributed by atoms with Gasteiger partial charge in [-0.25, -0.2) is 13.8 Å². The molecular weight excluding hydrogens is 568 g/mol. The largest absolute Gasteiger partial charge is 0.385 e. The molecule has 5 rings (SSSR count). The van der Waals surface area contributed by atoms with E-state index in [0.29, 0.717) is 41.8 Å². The Labute approximate surface area is 264 Å². The summed E-state index contributed by atoms with van der Waals surface area (Å²) in [6, 6.07) is 9.93. The minimum atomic E-state index is -0.703. The van der Waals surface area contributed by atoms with E-state index in [2.05, 4.69) is 59.7 Å². The van der Waals surface area contributed by atoms with Crippen LogP contribution in [0, 0.1) is 18.6 Å². The van der Waals surface area contributed by atoms with Crippen LogP contribution in [0.4, 0.5) is 26.2 Å². The van der Waals surface area contributed by atoms with Crippen molar-refractivity contribution in [1.29, 1.82) is 0 Å². The normalized spacial score (nSPS) is 13.8. The van der Waals surface area contributed by atoms with Crippen molar-refractivity contribution < 1.29 is 8.78 Å². The third kappa shape index (κ3) is 7.20. The molecule has 2 N–H and O–H groups in total. The number of aromatic nitrogens is 2. The molecule has 0 radical (unpaired) electrons. The van der Waals surface area contributed by atoms with Crippen molar-refractivity contribution in [3.05, 3.63) is 101 Å². The van der Waals surface area contributed by atoms with E-state index in [0.717, 1.165) is 67.0 Å². The number of rotatable bonds is 14. The van der Waals surface area contributed by atoms with Gasteiger partial charge in [0.25, 0.3) is 0 Å². The lowest BCUT2D eigenvalue weighted by molar-refractivity contribution is 0.303. The Balaban J connectivity index is 1.53. The van der Waals surface area contributed by atoms with Gasteiger partial charge in [-0.3, -0.25) is 9.89 Å². The van der Waals surface area contributed by atoms with Gasteiger partial charge in [-0.1, -0.05) is 51.3 Å². The molecule has 0 saturated carbocycles. The second kappa shape index (κ2) is 14.4. The molecule has 0 unspecified atom stereocenters. The molecule has 0 amide bonds. The topological polar surface area (TPSA) is 68.7 Å². The van der Waals surface area contributed by atoms with Gasteiger partial charge in [0.05, 0.1) is 5.69 Å². The summed E-state index contributed by atoms with van der Waals surface area (Å²) in [7, 11) is 0. The van der Waals surface area contributed by atoms with Gasteiger partial charge >= 0.3 is 0 Å². The van der Waals surface area contributed by atoms with E-state index in [1.165, 1.54) is 23.1 Å². The minimum Gasteiger partial charge on any atom is -0.385 e. The number of aryl methyl sites for hydroxylation is 1. The first-order valence-electron chi connectivity index (χ1n) is 15.6. The van der Waals surface area contributed by atoms with Crippen LogP contribution >= 0.6 is 0 Å². The lowest BCUT2D eigenvalue weighted by Crippen LogP contribution is -2.26. The van der Waals surface area contributed by atoms with Gasteiger partial charge in [0.2, 0.25) is 5.95 Å². The molecule has 0 bridgehead atoms. The number of nitrogens with zero attached hydrogens (tertiary/aromatic N) is 5. The van der Waals surface area contributed by atoms with Crippen LogP contribution in [-0.4, -0.2) is 53.8 Å². The Bertz CT molecular complexity index is 1650. The summed E-state index contributed by atoms with van der Waals surface area (Å²) in [5.74, 6) is -0.674. The van der Waals surface area contributed by atoms with E-state index in [9.17, 15) is 0 Å². The monoisotopic (exact) mass is 609 g/mol. The highest BCUT2D eigenvalue weighted by atomic mass is 19.1. The highest BCUT2D eigenvalue weighted by molar-refractivity contribution is 5.89. The number of nitrogens with one attached hydrogen (secondary N) is 2. The van der Waals surface area contributed by atoms with E-state index in [4.69, 9.17) is 9.97 Å². The van der Waals surface area contributed by atoms with Crippen LogP contribution in [0.25, 0.3) is 23.0 Å². The average Bonchev–Trinajstić information content (AvgIpc) is 3.55. The van der Waals surface area contributed by atoms with Crippen LogP contribution in [0.3, 0.4) is 0 Å². The van der Waals surface area contributed by atoms with Gasteiger partial charge in [-0.15, -0.1) is 0 Å². The summed E-state index contributed by atoms with van der Waals surface area (Å²) in [4.78, 5) is 18.0. The van der Waals surface area contributed by atoms with Crippen molar-refractivity contribution in [3.63, 3.8) is 0 Å². The molecule has 0 spiro atoms. The predicted molar refractivity (Wildman–Crippen MR) is 183 cm³/mol. The zero-order valence-corrected chi connectivity index (χ0v) is 26.3. The smallest absolute Gasteiger partial charge is 0.225 e. The number of benzene rings is 2. The van der Waals surface area contributed by atoms with Gasteiger partial charge in [-0.2, -0.15) is 4.98 Å². The fourth-order valence-corrected chi connectivity index (χ4v) is 5.54. The van der Waals surface area contributed by atoms with Crippen LogP contribution in [0.5, 0.6) is 0 Å². The average molecular weight is 610 g/mol. The second-order valence-corrected chi connectivity index (χ2v) is 11.1. The Morgan fingerprint density at radius 3 is 2.53 bits per heavy atom. The third-order valence-electron chi connectivity index (χ3n) is 8.13. The molecule has 3 aromatic rings. The molecule has 0 saturated heterocycles. The number of halogens is 2. The molecule has 1 aromatic heterocycles. The molecular formula is C36H41F2N7. The Kier molecular flexibility index (Phi) is 10.2. The van der Waals surface area contributed by atoms with Crippen molar-refractivity contribution in [3.8, 4) is 11.3 Å². The second-order valence-electron chi connectivity index (χ2n) is 11.1. The van der Waals surface area contributed by atoms with Gasteiger partial charge in [0.1, 0.15) is 17.3 Å². The Hall–Kier alpha value is -4.63. The zero-order chi connectivity index (χ0) is 31.9. The fourth-order valence-electron chi connectivity index (χ4n) is 5.54. The summed E-state index contributed by atoms with van der Waals surface area (Å²) in [6.45, 7) is 18.9. The molecule has 2 aliphatic rings. The molecule has 2 aromatic carbocycles. The zero-order valence-electron chi connectivity index (χ0n) is 26.3. The van der Waals surface area contributed by atoms with E-state index in [1.54, 1.807) is 6.08 Å². The van der Waals surface area contributed by atoms with Crippen LogP contribution in [0.1, 0.15) is 49.8 Å². The lowest BCUT2D eigenvalue weighted by atomic mass is 9.96. The maximum Gasteiger partial charge on any atom is 0.225 e. The predicted octanol–water partition coefficient (Wildman–Crippen LogP) is 7.86. The molecule has 0 aliphatic carbocycles. The van der Waals surface area contributed by atoms with Crippen molar-refractivity contribution in [2.75, 3.05) is 42.9 Å². The first-order chi connectivity index (χ1) is 21.8. The molecule has 3 heterocycles. The van der Waals surface area contributed by atoms with Crippen molar-refractivity contribution >= 4 is 35.4 Å². The maximum atomic E-state index is 15.2. The molecule has 0 fully saturated rings. The van der Waals surface area contributed by atoms with Crippen LogP contribution in [0.15, 0.2) is 78.1 Å². The maximum absolute atomic E-state index is 15.2. The number of aliphatic imine (C=N–C) groups is 1. The first-order valence-corrected chi connectivity index (χ1v) is 15.6. The quantitative estimate of drug-likeness (QED) is 0.181. The van der Waals surface area contributed by atoms with Gasteiger partial charge in [0, 0.05) is 60.4 Å². The van der Waals surface area contributed by atoms with E-state index < -0.39 is 11.6 Å². The highest BCUT2D eigenvalue weighted by Crippen LogP contribution is 2.42. The first kappa shape index (κ1) is 31.8. The van der Waals surface area contributed by atoms with E-state index >= 15 is 8.78 Å². The van der Waals surface area contributed by atoms with Crippen LogP contribution < -0.4 is 15.5 Å². The summed E-state index contributed by atoms with van der Waals surface area (Å²) < 4.78 is 30.4. The highest BCUT2D eigenvalue weighted by Gasteiger charge is 2.29. The molecule has 9 heteroatoms. The van der Waals surface area contributed by atoms with Gasteiger partial charge in [-0.05, 0) is 74.5 Å². The van der Waals surface area contributed by atoms with Crippen LogP contribution in [-0.2, 0) is 0 Å². The van der Waals surface area contributed by atoms with Gasteiger partial charge < -0.3 is 15.5 Å². The lowest BCUT2D eigenvalue weighted by Gasteiger charge is -2.30. The fraction of sp³-hybridized carbons (Fsp3) is 0.306. The molecule has 0 atom stereocenters. The SMILES string of the molecule is C=C(NCCC1=CCC=N1)c1ccc(C)c(-c2nc(NCCCN(CC)CC)nc3c2C=CC(=C)N3c2c(F)cccc2F)c1. The summed E-state index contributed by atoms with van der Waals surface area (Å²) in [6.07, 6.45) is 10.2. The molecule has 2 aliphatic heterocycles. The number of allylic oxidation sites excluding steroid dienone is 2.